The second-order valence-corrected chi connectivity index (χ2v) is 4.40. The first-order valence-electron chi connectivity index (χ1n) is 6.12. The summed E-state index contributed by atoms with van der Waals surface area (Å²) >= 11 is 0. The van der Waals surface area contributed by atoms with Gasteiger partial charge in [0.05, 0.1) is 0 Å². The van der Waals surface area contributed by atoms with Crippen LogP contribution in [0.1, 0.15) is 43.7 Å². The van der Waals surface area contributed by atoms with E-state index in [1.807, 2.05) is 6.08 Å². The lowest BCUT2D eigenvalue weighted by atomic mass is 9.98. The van der Waals surface area contributed by atoms with Gasteiger partial charge in [-0.05, 0) is 48.5 Å². The van der Waals surface area contributed by atoms with Crippen molar-refractivity contribution < 1.29 is 4.79 Å². The minimum absolute atomic E-state index is 0.286. The molecule has 1 heteroatoms. The van der Waals surface area contributed by atoms with Crippen molar-refractivity contribution in [2.45, 2.75) is 39.0 Å². The van der Waals surface area contributed by atoms with Gasteiger partial charge in [-0.1, -0.05) is 31.2 Å². The fourth-order valence-electron chi connectivity index (χ4n) is 2.17. The van der Waals surface area contributed by atoms with Crippen LogP contribution in [0.4, 0.5) is 0 Å². The Balaban J connectivity index is 2.30. The van der Waals surface area contributed by atoms with Crippen molar-refractivity contribution in [1.29, 1.82) is 0 Å². The average molecular weight is 214 g/mol. The summed E-state index contributed by atoms with van der Waals surface area (Å²) in [6, 6.07) is 8.56. The van der Waals surface area contributed by atoms with Gasteiger partial charge in [-0.3, -0.25) is 4.79 Å². The molecule has 0 unspecified atom stereocenters. The number of hydrogen-bond donors (Lipinski definition) is 0. The van der Waals surface area contributed by atoms with E-state index in [0.29, 0.717) is 0 Å². The van der Waals surface area contributed by atoms with E-state index < -0.39 is 0 Å². The van der Waals surface area contributed by atoms with Gasteiger partial charge in [0.25, 0.3) is 0 Å². The van der Waals surface area contributed by atoms with Crippen molar-refractivity contribution in [3.8, 4) is 0 Å². The molecule has 1 aliphatic carbocycles. The monoisotopic (exact) mass is 214 g/mol. The highest BCUT2D eigenvalue weighted by Gasteiger charge is 2.10. The third-order valence-corrected chi connectivity index (χ3v) is 3.16. The predicted molar refractivity (Wildman–Crippen MR) is 67.3 cm³/mol. The quantitative estimate of drug-likeness (QED) is 0.732. The molecule has 0 heterocycles. The molecule has 0 amide bonds. The Bertz CT molecular complexity index is 415. The van der Waals surface area contributed by atoms with E-state index in [4.69, 9.17) is 0 Å². The number of aryl methyl sites for hydroxylation is 1. The largest absolute Gasteiger partial charge is 0.295 e. The molecule has 0 radical (unpaired) electrons. The molecule has 0 spiro atoms. The summed E-state index contributed by atoms with van der Waals surface area (Å²) in [6.45, 7) is 2.16. The Labute approximate surface area is 97.2 Å². The molecule has 1 aliphatic rings. The third-order valence-electron chi connectivity index (χ3n) is 3.16. The first-order valence-corrected chi connectivity index (χ1v) is 6.12. The van der Waals surface area contributed by atoms with Crippen molar-refractivity contribution in [2.75, 3.05) is 0 Å². The summed E-state index contributed by atoms with van der Waals surface area (Å²) in [6.07, 6.45) is 6.83. The van der Waals surface area contributed by atoms with Crippen LogP contribution in [0.5, 0.6) is 0 Å². The van der Waals surface area contributed by atoms with Crippen molar-refractivity contribution in [2.24, 2.45) is 0 Å². The molecule has 0 atom stereocenters. The van der Waals surface area contributed by atoms with E-state index >= 15 is 0 Å². The van der Waals surface area contributed by atoms with Crippen LogP contribution >= 0.6 is 0 Å². The molecule has 0 aliphatic heterocycles. The first-order chi connectivity index (χ1) is 7.79. The SMILES string of the molecule is CCc1cccc(C2=CC(=O)CCCC2)c1. The van der Waals surface area contributed by atoms with Gasteiger partial charge in [0.2, 0.25) is 0 Å². The van der Waals surface area contributed by atoms with E-state index in [1.54, 1.807) is 0 Å². The standard InChI is InChI=1S/C15H18O/c1-2-12-6-5-8-13(10-12)14-7-3-4-9-15(16)11-14/h5-6,8,10-11H,2-4,7,9H2,1H3. The lowest BCUT2D eigenvalue weighted by Crippen LogP contribution is -1.91. The van der Waals surface area contributed by atoms with Crippen LogP contribution in [-0.2, 0) is 11.2 Å². The Morgan fingerprint density at radius 1 is 1.19 bits per heavy atom. The summed E-state index contributed by atoms with van der Waals surface area (Å²) in [4.78, 5) is 11.5. The molecule has 0 bridgehead atoms. The van der Waals surface area contributed by atoms with Gasteiger partial charge < -0.3 is 0 Å². The van der Waals surface area contributed by atoms with E-state index in [2.05, 4.69) is 31.2 Å². The van der Waals surface area contributed by atoms with Crippen LogP contribution in [0.2, 0.25) is 0 Å². The van der Waals surface area contributed by atoms with Crippen LogP contribution in [0.25, 0.3) is 5.57 Å². The zero-order valence-electron chi connectivity index (χ0n) is 9.83. The molecule has 1 aromatic carbocycles. The highest BCUT2D eigenvalue weighted by molar-refractivity contribution is 5.97. The number of benzene rings is 1. The van der Waals surface area contributed by atoms with Gasteiger partial charge in [-0.25, -0.2) is 0 Å². The van der Waals surface area contributed by atoms with E-state index in [9.17, 15) is 4.79 Å². The molecule has 0 N–H and O–H groups in total. The predicted octanol–water partition coefficient (Wildman–Crippen LogP) is 3.78. The second kappa shape index (κ2) is 5.11. The highest BCUT2D eigenvalue weighted by atomic mass is 16.1. The molecule has 16 heavy (non-hydrogen) atoms. The maximum atomic E-state index is 11.5. The molecular formula is C15H18O. The maximum Gasteiger partial charge on any atom is 0.155 e. The van der Waals surface area contributed by atoms with Crippen LogP contribution in [0.3, 0.4) is 0 Å². The Morgan fingerprint density at radius 3 is 2.81 bits per heavy atom. The van der Waals surface area contributed by atoms with Gasteiger partial charge in [-0.2, -0.15) is 0 Å². The molecule has 0 aromatic heterocycles. The summed E-state index contributed by atoms with van der Waals surface area (Å²) < 4.78 is 0. The highest BCUT2D eigenvalue weighted by Crippen LogP contribution is 2.25. The zero-order valence-corrected chi connectivity index (χ0v) is 9.83. The van der Waals surface area contributed by atoms with Gasteiger partial charge in [-0.15, -0.1) is 0 Å². The second-order valence-electron chi connectivity index (χ2n) is 4.40. The van der Waals surface area contributed by atoms with Crippen molar-refractivity contribution >= 4 is 11.4 Å². The fraction of sp³-hybridized carbons (Fsp3) is 0.400. The average Bonchev–Trinajstić information content (AvgIpc) is 2.54. The summed E-state index contributed by atoms with van der Waals surface area (Å²) in [7, 11) is 0. The van der Waals surface area contributed by atoms with Crippen molar-refractivity contribution in [3.05, 3.63) is 41.5 Å². The molecule has 2 rings (SSSR count). The normalized spacial score (nSPS) is 16.8. The van der Waals surface area contributed by atoms with Gasteiger partial charge in [0, 0.05) is 6.42 Å². The van der Waals surface area contributed by atoms with Crippen LogP contribution in [0, 0.1) is 0 Å². The summed E-state index contributed by atoms with van der Waals surface area (Å²) in [5.74, 6) is 0.286. The first kappa shape index (κ1) is 11.1. The minimum Gasteiger partial charge on any atom is -0.295 e. The van der Waals surface area contributed by atoms with Crippen LogP contribution in [-0.4, -0.2) is 5.78 Å². The zero-order chi connectivity index (χ0) is 11.4. The van der Waals surface area contributed by atoms with Gasteiger partial charge >= 0.3 is 0 Å². The Morgan fingerprint density at radius 2 is 2.00 bits per heavy atom. The number of carbonyl (C=O) groups is 1. The number of allylic oxidation sites excluding steroid dienone is 2. The third kappa shape index (κ3) is 2.60. The molecule has 0 saturated carbocycles. The molecule has 0 saturated heterocycles. The number of rotatable bonds is 2. The molecule has 1 nitrogen and oxygen atoms in total. The molecule has 0 fully saturated rings. The summed E-state index contributed by atoms with van der Waals surface area (Å²) in [5.41, 5.74) is 3.79. The Kier molecular flexibility index (Phi) is 3.55. The van der Waals surface area contributed by atoms with E-state index in [-0.39, 0.29) is 5.78 Å². The van der Waals surface area contributed by atoms with Gasteiger partial charge in [0.1, 0.15) is 0 Å². The number of ketones is 1. The van der Waals surface area contributed by atoms with E-state index in [0.717, 1.165) is 32.1 Å². The van der Waals surface area contributed by atoms with Crippen molar-refractivity contribution in [3.63, 3.8) is 0 Å². The van der Waals surface area contributed by atoms with Crippen LogP contribution in [0.15, 0.2) is 30.3 Å². The lowest BCUT2D eigenvalue weighted by molar-refractivity contribution is -0.114. The molecule has 1 aromatic rings. The number of carbonyl (C=O) groups excluding carboxylic acids is 1. The topological polar surface area (TPSA) is 17.1 Å². The maximum absolute atomic E-state index is 11.5. The fourth-order valence-corrected chi connectivity index (χ4v) is 2.17. The number of hydrogen-bond acceptors (Lipinski definition) is 1. The van der Waals surface area contributed by atoms with Crippen LogP contribution < -0.4 is 0 Å². The van der Waals surface area contributed by atoms with E-state index in [1.165, 1.54) is 16.7 Å². The molecule has 84 valence electrons. The van der Waals surface area contributed by atoms with Crippen molar-refractivity contribution in [1.82, 2.24) is 0 Å². The minimum atomic E-state index is 0.286. The smallest absolute Gasteiger partial charge is 0.155 e. The molecular weight excluding hydrogens is 196 g/mol. The summed E-state index contributed by atoms with van der Waals surface area (Å²) in [5, 5.41) is 0. The Hall–Kier alpha value is -1.37. The lowest BCUT2D eigenvalue weighted by Gasteiger charge is -2.06. The van der Waals surface area contributed by atoms with Gasteiger partial charge in [0.15, 0.2) is 5.78 Å².